The number of β-lactam (4-membered cyclic amide) rings is 1. The Labute approximate surface area is 216 Å². The molecular formula is C26H24IN3O5. The molecule has 0 aromatic heterocycles. The third-order valence-electron chi connectivity index (χ3n) is 5.35. The van der Waals surface area contributed by atoms with Gasteiger partial charge in [-0.3, -0.25) is 9.59 Å². The number of para-hydroxylation sites is 1. The van der Waals surface area contributed by atoms with Crippen molar-refractivity contribution in [3.8, 4) is 5.75 Å². The summed E-state index contributed by atoms with van der Waals surface area (Å²) in [7, 11) is 0. The smallest absolute Gasteiger partial charge is 0.408 e. The maximum Gasteiger partial charge on any atom is 0.408 e. The first-order valence-corrected chi connectivity index (χ1v) is 12.1. The average molecular weight is 585 g/mol. The van der Waals surface area contributed by atoms with Crippen molar-refractivity contribution in [2.24, 2.45) is 0 Å². The number of nitrogens with one attached hydrogen (secondary N) is 3. The molecule has 4 rings (SSSR count). The lowest BCUT2D eigenvalue weighted by atomic mass is 10.0. The number of rotatable bonds is 9. The minimum Gasteiger partial charge on any atom is -0.468 e. The van der Waals surface area contributed by atoms with Crippen LogP contribution in [0.15, 0.2) is 84.9 Å². The second kappa shape index (κ2) is 11.7. The lowest BCUT2D eigenvalue weighted by molar-refractivity contribution is -0.143. The van der Waals surface area contributed by atoms with Crippen molar-refractivity contribution in [2.45, 2.75) is 31.3 Å². The Bertz CT molecular complexity index is 1160. The number of hydrogen-bond donors (Lipinski definition) is 3. The van der Waals surface area contributed by atoms with Crippen molar-refractivity contribution in [3.05, 3.63) is 99.6 Å². The highest BCUT2D eigenvalue weighted by molar-refractivity contribution is 14.1. The van der Waals surface area contributed by atoms with Crippen molar-refractivity contribution < 1.29 is 23.9 Å². The number of alkyl carbamates (subject to hydrolysis) is 1. The van der Waals surface area contributed by atoms with Gasteiger partial charge in [-0.2, -0.15) is 0 Å². The molecule has 3 N–H and O–H groups in total. The van der Waals surface area contributed by atoms with Crippen LogP contribution in [0.1, 0.15) is 11.1 Å². The lowest BCUT2D eigenvalue weighted by Gasteiger charge is -2.37. The van der Waals surface area contributed by atoms with Gasteiger partial charge in [0.25, 0.3) is 5.91 Å². The van der Waals surface area contributed by atoms with Crippen LogP contribution >= 0.6 is 22.6 Å². The van der Waals surface area contributed by atoms with Crippen LogP contribution in [0.2, 0.25) is 0 Å². The molecule has 8 nitrogen and oxygen atoms in total. The first-order chi connectivity index (χ1) is 17.0. The Hall–Kier alpha value is -3.60. The first kappa shape index (κ1) is 24.5. The summed E-state index contributed by atoms with van der Waals surface area (Å²) in [5.74, 6) is -0.310. The van der Waals surface area contributed by atoms with Crippen LogP contribution in [-0.4, -0.2) is 36.2 Å². The second-order valence-corrected chi connectivity index (χ2v) is 9.18. The van der Waals surface area contributed by atoms with Crippen molar-refractivity contribution in [3.63, 3.8) is 0 Å². The molecule has 1 fully saturated rings. The Morgan fingerprint density at radius 2 is 1.57 bits per heavy atom. The number of halogens is 1. The minimum absolute atomic E-state index is 0.0720. The van der Waals surface area contributed by atoms with Crippen LogP contribution in [0.3, 0.4) is 0 Å². The minimum atomic E-state index is -0.955. The van der Waals surface area contributed by atoms with Crippen LogP contribution in [0.25, 0.3) is 0 Å². The summed E-state index contributed by atoms with van der Waals surface area (Å²) in [5.41, 5.74) is 1.68. The molecule has 1 heterocycles. The molecule has 0 aliphatic carbocycles. The molecule has 0 spiro atoms. The molecule has 1 saturated heterocycles. The van der Waals surface area contributed by atoms with E-state index in [1.165, 1.54) is 0 Å². The molecule has 35 heavy (non-hydrogen) atoms. The molecule has 0 radical (unpaired) electrons. The number of amides is 3. The Morgan fingerprint density at radius 1 is 0.914 bits per heavy atom. The number of benzene rings is 3. The van der Waals surface area contributed by atoms with Crippen molar-refractivity contribution in [1.82, 2.24) is 16.0 Å². The Kier molecular flexibility index (Phi) is 8.19. The fraction of sp³-hybridized carbons (Fsp3) is 0.192. The van der Waals surface area contributed by atoms with Crippen molar-refractivity contribution >= 4 is 40.5 Å². The fourth-order valence-electron chi connectivity index (χ4n) is 3.47. The van der Waals surface area contributed by atoms with E-state index in [9.17, 15) is 14.4 Å². The van der Waals surface area contributed by atoms with Gasteiger partial charge in [0.2, 0.25) is 12.1 Å². The normalized spacial score (nSPS) is 17.3. The maximum atomic E-state index is 13.2. The van der Waals surface area contributed by atoms with Gasteiger partial charge in [0.1, 0.15) is 18.4 Å². The first-order valence-electron chi connectivity index (χ1n) is 11.0. The van der Waals surface area contributed by atoms with E-state index in [1.54, 1.807) is 12.1 Å². The molecule has 1 aliphatic rings. The van der Waals surface area contributed by atoms with Gasteiger partial charge in [0.05, 0.1) is 0 Å². The number of carbonyl (C=O) groups is 3. The Morgan fingerprint density at radius 3 is 2.23 bits per heavy atom. The van der Waals surface area contributed by atoms with Gasteiger partial charge >= 0.3 is 6.09 Å². The summed E-state index contributed by atoms with van der Waals surface area (Å²) in [6.45, 7) is 0.0720. The van der Waals surface area contributed by atoms with Gasteiger partial charge in [-0.1, -0.05) is 60.7 Å². The number of carbonyl (C=O) groups excluding carboxylic acids is 3. The monoisotopic (exact) mass is 585 g/mol. The summed E-state index contributed by atoms with van der Waals surface area (Å²) in [5, 5.41) is 7.97. The Balaban J connectivity index is 1.41. The zero-order chi connectivity index (χ0) is 24.6. The molecule has 1 aliphatic heterocycles. The van der Waals surface area contributed by atoms with E-state index in [0.717, 1.165) is 14.7 Å². The van der Waals surface area contributed by atoms with Crippen LogP contribution < -0.4 is 20.7 Å². The number of ether oxygens (including phenoxy) is 2. The van der Waals surface area contributed by atoms with E-state index in [-0.39, 0.29) is 18.9 Å². The van der Waals surface area contributed by atoms with Gasteiger partial charge in [0, 0.05) is 9.99 Å². The van der Waals surface area contributed by atoms with E-state index >= 15 is 0 Å². The SMILES string of the molecule is O=C(N[C@@H](Cc1ccc(I)cc1)C(=O)N[C@@H]1C(=O)N[C@H]1Oc1ccccc1)OCc1ccccc1. The van der Waals surface area contributed by atoms with E-state index in [2.05, 4.69) is 38.5 Å². The van der Waals surface area contributed by atoms with Crippen molar-refractivity contribution in [1.29, 1.82) is 0 Å². The largest absolute Gasteiger partial charge is 0.468 e. The van der Waals surface area contributed by atoms with E-state index < -0.39 is 30.3 Å². The summed E-state index contributed by atoms with van der Waals surface area (Å²) >= 11 is 2.19. The molecule has 3 aromatic rings. The third-order valence-corrected chi connectivity index (χ3v) is 6.07. The maximum absolute atomic E-state index is 13.2. The zero-order valence-electron chi connectivity index (χ0n) is 18.6. The van der Waals surface area contributed by atoms with E-state index in [1.807, 2.05) is 72.8 Å². The van der Waals surface area contributed by atoms with Gasteiger partial charge in [0.15, 0.2) is 6.04 Å². The standard InChI is InChI=1S/C26H24IN3O5/c27-19-13-11-17(12-14-19)15-21(28-26(33)34-16-18-7-3-1-4-8-18)23(31)29-22-24(32)30-25(22)35-20-9-5-2-6-10-20/h1-14,21-22,25H,15-16H2,(H,28,33)(H,29,31)(H,30,32)/t21-,22+,25-/m0/s1. The quantitative estimate of drug-likeness (QED) is 0.265. The van der Waals surface area contributed by atoms with E-state index in [4.69, 9.17) is 9.47 Å². The average Bonchev–Trinajstić information content (AvgIpc) is 2.88. The highest BCUT2D eigenvalue weighted by atomic mass is 127. The summed E-state index contributed by atoms with van der Waals surface area (Å²) in [4.78, 5) is 37.8. The summed E-state index contributed by atoms with van der Waals surface area (Å²) < 4.78 is 12.1. The third kappa shape index (κ3) is 6.95. The highest BCUT2D eigenvalue weighted by Crippen LogP contribution is 2.16. The zero-order valence-corrected chi connectivity index (χ0v) is 20.8. The fourth-order valence-corrected chi connectivity index (χ4v) is 3.82. The summed E-state index contributed by atoms with van der Waals surface area (Å²) in [6.07, 6.45) is -1.21. The molecule has 180 valence electrons. The van der Waals surface area contributed by atoms with Gasteiger partial charge < -0.3 is 25.4 Å². The topological polar surface area (TPSA) is 106 Å². The lowest BCUT2D eigenvalue weighted by Crippen LogP contribution is -2.72. The predicted molar refractivity (Wildman–Crippen MR) is 137 cm³/mol. The number of hydrogen-bond acceptors (Lipinski definition) is 5. The van der Waals surface area contributed by atoms with Gasteiger partial charge in [-0.25, -0.2) is 4.79 Å². The second-order valence-electron chi connectivity index (χ2n) is 7.94. The molecule has 9 heteroatoms. The van der Waals surface area contributed by atoms with Crippen LogP contribution in [0, 0.1) is 3.57 Å². The van der Waals surface area contributed by atoms with Crippen LogP contribution in [-0.2, 0) is 27.4 Å². The molecule has 3 atom stereocenters. The van der Waals surface area contributed by atoms with Crippen LogP contribution in [0.4, 0.5) is 4.79 Å². The molecular weight excluding hydrogens is 561 g/mol. The summed E-state index contributed by atoms with van der Waals surface area (Å²) in [6, 6.07) is 24.0. The highest BCUT2D eigenvalue weighted by Gasteiger charge is 2.43. The molecule has 0 saturated carbocycles. The van der Waals surface area contributed by atoms with Gasteiger partial charge in [-0.05, 0) is 58.0 Å². The van der Waals surface area contributed by atoms with Crippen molar-refractivity contribution in [2.75, 3.05) is 0 Å². The van der Waals surface area contributed by atoms with E-state index in [0.29, 0.717) is 5.75 Å². The molecule has 3 amide bonds. The molecule has 0 bridgehead atoms. The predicted octanol–water partition coefficient (Wildman–Crippen LogP) is 3.15. The van der Waals surface area contributed by atoms with Gasteiger partial charge in [-0.15, -0.1) is 0 Å². The molecule has 0 unspecified atom stereocenters. The van der Waals surface area contributed by atoms with Crippen LogP contribution in [0.5, 0.6) is 5.75 Å². The molecule has 3 aromatic carbocycles.